The lowest BCUT2D eigenvalue weighted by Gasteiger charge is -2.30. The number of carbonyl (C=O) groups is 1. The van der Waals surface area contributed by atoms with E-state index in [-0.39, 0.29) is 5.91 Å². The summed E-state index contributed by atoms with van der Waals surface area (Å²) in [5.41, 5.74) is 2.12. The summed E-state index contributed by atoms with van der Waals surface area (Å²) in [5, 5.41) is 13.7. The van der Waals surface area contributed by atoms with E-state index in [1.54, 1.807) is 35.2 Å². The van der Waals surface area contributed by atoms with E-state index in [1.165, 1.54) is 6.07 Å². The molecular formula is C16H11Cl3N2O2. The summed E-state index contributed by atoms with van der Waals surface area (Å²) in [6.07, 6.45) is 0.417. The van der Waals surface area contributed by atoms with Crippen molar-refractivity contribution in [2.45, 2.75) is 6.42 Å². The second-order valence-electron chi connectivity index (χ2n) is 5.04. The molecule has 0 radical (unpaired) electrons. The van der Waals surface area contributed by atoms with Crippen molar-refractivity contribution in [2.24, 2.45) is 5.16 Å². The van der Waals surface area contributed by atoms with Crippen molar-refractivity contribution in [2.75, 3.05) is 11.4 Å². The Morgan fingerprint density at radius 1 is 1.09 bits per heavy atom. The Balaban J connectivity index is 2.06. The van der Waals surface area contributed by atoms with Gasteiger partial charge in [-0.25, -0.2) is 0 Å². The molecule has 4 nitrogen and oxygen atoms in total. The molecule has 1 aliphatic heterocycles. The van der Waals surface area contributed by atoms with Gasteiger partial charge in [0, 0.05) is 28.6 Å². The van der Waals surface area contributed by atoms with Gasteiger partial charge in [-0.05, 0) is 36.4 Å². The summed E-state index contributed by atoms with van der Waals surface area (Å²) in [5.74, 6) is -0.243. The lowest BCUT2D eigenvalue weighted by molar-refractivity contribution is 0.0987. The van der Waals surface area contributed by atoms with Crippen molar-refractivity contribution in [3.8, 4) is 0 Å². The van der Waals surface area contributed by atoms with Crippen molar-refractivity contribution in [1.29, 1.82) is 0 Å². The van der Waals surface area contributed by atoms with Gasteiger partial charge in [0.1, 0.15) is 0 Å². The maximum Gasteiger partial charge on any atom is 0.259 e. The number of fused-ring (bicyclic) bond motifs is 1. The van der Waals surface area contributed by atoms with Crippen LogP contribution in [0, 0.1) is 0 Å². The van der Waals surface area contributed by atoms with Gasteiger partial charge in [-0.15, -0.1) is 0 Å². The maximum atomic E-state index is 12.8. The molecule has 1 amide bonds. The first kappa shape index (κ1) is 16.1. The lowest BCUT2D eigenvalue weighted by Crippen LogP contribution is -2.37. The van der Waals surface area contributed by atoms with Crippen LogP contribution >= 0.6 is 34.8 Å². The van der Waals surface area contributed by atoms with Crippen LogP contribution in [0.4, 0.5) is 5.69 Å². The molecule has 0 aliphatic carbocycles. The third kappa shape index (κ3) is 3.02. The molecule has 3 rings (SSSR count). The number of amides is 1. The summed E-state index contributed by atoms with van der Waals surface area (Å²) >= 11 is 18.0. The second-order valence-corrected chi connectivity index (χ2v) is 6.32. The van der Waals surface area contributed by atoms with Crippen molar-refractivity contribution in [3.05, 3.63) is 62.6 Å². The molecule has 0 unspecified atom stereocenters. The summed E-state index contributed by atoms with van der Waals surface area (Å²) < 4.78 is 0. The number of carbonyl (C=O) groups excluding carboxylic acids is 1. The minimum atomic E-state index is -0.243. The number of halogens is 3. The number of rotatable bonds is 1. The van der Waals surface area contributed by atoms with E-state index in [9.17, 15) is 4.79 Å². The molecule has 2 aromatic carbocycles. The average molecular weight is 370 g/mol. The summed E-state index contributed by atoms with van der Waals surface area (Å²) in [7, 11) is 0. The molecule has 0 saturated heterocycles. The molecule has 1 N–H and O–H groups in total. The molecule has 0 bridgehead atoms. The van der Waals surface area contributed by atoms with Crippen molar-refractivity contribution < 1.29 is 10.0 Å². The SMILES string of the molecule is O=C(c1ccc(Cl)cc1Cl)N1CC/C(=N\O)c2cc(Cl)ccc21. The molecule has 1 aliphatic rings. The smallest absolute Gasteiger partial charge is 0.259 e. The number of oxime groups is 1. The van der Waals surface area contributed by atoms with Gasteiger partial charge in [0.05, 0.1) is 22.0 Å². The fourth-order valence-electron chi connectivity index (χ4n) is 2.57. The van der Waals surface area contributed by atoms with Crippen LogP contribution < -0.4 is 4.90 Å². The van der Waals surface area contributed by atoms with Crippen LogP contribution in [-0.4, -0.2) is 23.4 Å². The zero-order chi connectivity index (χ0) is 16.6. The predicted molar refractivity (Wildman–Crippen MR) is 92.5 cm³/mol. The molecule has 0 saturated carbocycles. The highest BCUT2D eigenvalue weighted by atomic mass is 35.5. The molecule has 0 atom stereocenters. The van der Waals surface area contributed by atoms with E-state index in [1.807, 2.05) is 0 Å². The predicted octanol–water partition coefficient (Wildman–Crippen LogP) is 4.88. The van der Waals surface area contributed by atoms with Crippen LogP contribution in [0.25, 0.3) is 0 Å². The summed E-state index contributed by atoms with van der Waals surface area (Å²) in [6, 6.07) is 9.83. The van der Waals surface area contributed by atoms with Crippen LogP contribution in [0.2, 0.25) is 15.1 Å². The molecule has 1 heterocycles. The van der Waals surface area contributed by atoms with Crippen LogP contribution in [-0.2, 0) is 0 Å². The van der Waals surface area contributed by atoms with E-state index < -0.39 is 0 Å². The molecule has 2 aromatic rings. The van der Waals surface area contributed by atoms with Crippen molar-refractivity contribution in [1.82, 2.24) is 0 Å². The fraction of sp³-hybridized carbons (Fsp3) is 0.125. The standard InChI is InChI=1S/C16H11Cl3N2O2/c17-9-2-4-15-12(7-9)14(20-23)5-6-21(15)16(22)11-3-1-10(18)8-13(11)19/h1-4,7-8,23H,5-6H2/b20-14+. The first-order valence-electron chi connectivity index (χ1n) is 6.79. The molecule has 23 heavy (non-hydrogen) atoms. The fourth-order valence-corrected chi connectivity index (χ4v) is 3.23. The molecule has 0 fully saturated rings. The van der Waals surface area contributed by atoms with Gasteiger partial charge in [-0.3, -0.25) is 4.79 Å². The van der Waals surface area contributed by atoms with Gasteiger partial charge in [-0.1, -0.05) is 40.0 Å². The molecule has 0 aromatic heterocycles. The van der Waals surface area contributed by atoms with E-state index in [2.05, 4.69) is 5.16 Å². The van der Waals surface area contributed by atoms with Crippen LogP contribution in [0.5, 0.6) is 0 Å². The van der Waals surface area contributed by atoms with E-state index in [0.29, 0.717) is 50.6 Å². The van der Waals surface area contributed by atoms with Gasteiger partial charge in [0.25, 0.3) is 5.91 Å². The Morgan fingerprint density at radius 3 is 2.48 bits per heavy atom. The van der Waals surface area contributed by atoms with E-state index in [0.717, 1.165) is 0 Å². The number of nitrogens with zero attached hydrogens (tertiary/aromatic N) is 2. The monoisotopic (exact) mass is 368 g/mol. The molecule has 7 heteroatoms. The highest BCUT2D eigenvalue weighted by molar-refractivity contribution is 6.37. The zero-order valence-corrected chi connectivity index (χ0v) is 14.0. The minimum Gasteiger partial charge on any atom is -0.411 e. The third-order valence-corrected chi connectivity index (χ3v) is 4.44. The highest BCUT2D eigenvalue weighted by Gasteiger charge is 2.28. The Morgan fingerprint density at radius 2 is 1.78 bits per heavy atom. The topological polar surface area (TPSA) is 52.9 Å². The summed E-state index contributed by atoms with van der Waals surface area (Å²) in [4.78, 5) is 14.4. The Kier molecular flexibility index (Phi) is 4.48. The minimum absolute atomic E-state index is 0.243. The lowest BCUT2D eigenvalue weighted by atomic mass is 9.98. The molecule has 0 spiro atoms. The van der Waals surface area contributed by atoms with Gasteiger partial charge >= 0.3 is 0 Å². The van der Waals surface area contributed by atoms with Crippen molar-refractivity contribution >= 4 is 52.1 Å². The Hall–Kier alpha value is -1.75. The Labute approximate surface area is 147 Å². The third-order valence-electron chi connectivity index (χ3n) is 3.66. The number of anilines is 1. The van der Waals surface area contributed by atoms with E-state index >= 15 is 0 Å². The van der Waals surface area contributed by atoms with Gasteiger partial charge in [0.15, 0.2) is 0 Å². The Bertz CT molecular complexity index is 821. The molecule has 118 valence electrons. The van der Waals surface area contributed by atoms with Gasteiger partial charge in [0.2, 0.25) is 0 Å². The average Bonchev–Trinajstić information content (AvgIpc) is 2.53. The summed E-state index contributed by atoms with van der Waals surface area (Å²) in [6.45, 7) is 0.381. The number of benzene rings is 2. The van der Waals surface area contributed by atoms with Crippen LogP contribution in [0.15, 0.2) is 41.6 Å². The van der Waals surface area contributed by atoms with E-state index in [4.69, 9.17) is 40.0 Å². The highest BCUT2D eigenvalue weighted by Crippen LogP contribution is 2.32. The second kappa shape index (κ2) is 6.40. The zero-order valence-electron chi connectivity index (χ0n) is 11.8. The largest absolute Gasteiger partial charge is 0.411 e. The number of hydrogen-bond donors (Lipinski definition) is 1. The van der Waals surface area contributed by atoms with Crippen LogP contribution in [0.3, 0.4) is 0 Å². The van der Waals surface area contributed by atoms with Gasteiger partial charge < -0.3 is 10.1 Å². The molecular weight excluding hydrogens is 359 g/mol. The first-order chi connectivity index (χ1) is 11.0. The first-order valence-corrected chi connectivity index (χ1v) is 7.92. The maximum absolute atomic E-state index is 12.8. The normalized spacial score (nSPS) is 15.6. The van der Waals surface area contributed by atoms with Gasteiger partial charge in [-0.2, -0.15) is 0 Å². The number of hydrogen-bond acceptors (Lipinski definition) is 3. The van der Waals surface area contributed by atoms with Crippen LogP contribution in [0.1, 0.15) is 22.3 Å². The quantitative estimate of drug-likeness (QED) is 0.575. The van der Waals surface area contributed by atoms with Crippen molar-refractivity contribution in [3.63, 3.8) is 0 Å².